The Labute approximate surface area is 123 Å². The number of hydrogen-bond acceptors (Lipinski definition) is 4. The maximum atomic E-state index is 11.1. The van der Waals surface area contributed by atoms with E-state index in [1.54, 1.807) is 26.1 Å². The van der Waals surface area contributed by atoms with Crippen LogP contribution in [-0.4, -0.2) is 43.2 Å². The average molecular weight is 294 g/mol. The zero-order chi connectivity index (χ0) is 15.3. The molecule has 2 rings (SSSR count). The standard InChI is InChI=1S/C14H22N4O3/c1-14(20,11-4-3-7-21-11)9-17-13(15-2)18-10-5-6-12(19)16-8-10/h3-4,7,10,20H,5-6,8-9H2,1-2H3,(H,16,19)(H2,15,17,18). The molecule has 1 aromatic heterocycles. The highest BCUT2D eigenvalue weighted by molar-refractivity contribution is 5.81. The molecule has 116 valence electrons. The lowest BCUT2D eigenvalue weighted by Crippen LogP contribution is -2.52. The van der Waals surface area contributed by atoms with Crippen molar-refractivity contribution in [2.24, 2.45) is 4.99 Å². The molecule has 0 bridgehead atoms. The Morgan fingerprint density at radius 3 is 3.05 bits per heavy atom. The van der Waals surface area contributed by atoms with Gasteiger partial charge in [0.05, 0.1) is 12.8 Å². The minimum Gasteiger partial charge on any atom is -0.466 e. The highest BCUT2D eigenvalue weighted by Crippen LogP contribution is 2.19. The van der Waals surface area contributed by atoms with Crippen LogP contribution in [-0.2, 0) is 10.4 Å². The van der Waals surface area contributed by atoms with Crippen molar-refractivity contribution in [1.82, 2.24) is 16.0 Å². The molecule has 2 atom stereocenters. The molecule has 7 nitrogen and oxygen atoms in total. The van der Waals surface area contributed by atoms with Crippen molar-refractivity contribution in [2.45, 2.75) is 31.4 Å². The predicted molar refractivity (Wildman–Crippen MR) is 78.8 cm³/mol. The minimum absolute atomic E-state index is 0.0803. The molecule has 7 heteroatoms. The lowest BCUT2D eigenvalue weighted by atomic mass is 10.0. The first-order chi connectivity index (χ1) is 10.0. The van der Waals surface area contributed by atoms with E-state index in [0.29, 0.717) is 24.7 Å². The van der Waals surface area contributed by atoms with Crippen molar-refractivity contribution in [3.8, 4) is 0 Å². The van der Waals surface area contributed by atoms with Crippen molar-refractivity contribution in [3.05, 3.63) is 24.2 Å². The molecule has 1 aliphatic rings. The Kier molecular flexibility index (Phi) is 4.85. The van der Waals surface area contributed by atoms with Gasteiger partial charge in [0.1, 0.15) is 11.4 Å². The largest absolute Gasteiger partial charge is 0.466 e. The molecule has 0 aliphatic carbocycles. The van der Waals surface area contributed by atoms with Crippen LogP contribution in [0.15, 0.2) is 27.8 Å². The van der Waals surface area contributed by atoms with Gasteiger partial charge in [0.15, 0.2) is 5.96 Å². The second kappa shape index (κ2) is 6.62. The molecule has 1 aromatic rings. The Balaban J connectivity index is 1.84. The molecule has 2 unspecified atom stereocenters. The monoisotopic (exact) mass is 294 g/mol. The van der Waals surface area contributed by atoms with Gasteiger partial charge in [-0.15, -0.1) is 0 Å². The van der Waals surface area contributed by atoms with Gasteiger partial charge in [0, 0.05) is 26.1 Å². The molecule has 1 fully saturated rings. The van der Waals surface area contributed by atoms with Crippen LogP contribution < -0.4 is 16.0 Å². The number of aliphatic imine (C=N–C) groups is 1. The van der Waals surface area contributed by atoms with E-state index in [1.807, 2.05) is 0 Å². The average Bonchev–Trinajstić information content (AvgIpc) is 3.00. The number of carbonyl (C=O) groups excluding carboxylic acids is 1. The summed E-state index contributed by atoms with van der Waals surface area (Å²) in [5.41, 5.74) is -1.12. The third-order valence-electron chi connectivity index (χ3n) is 3.48. The number of nitrogens with zero attached hydrogens (tertiary/aromatic N) is 1. The summed E-state index contributed by atoms with van der Waals surface area (Å²) in [6.45, 7) is 2.51. The normalized spacial score (nSPS) is 22.3. The summed E-state index contributed by atoms with van der Waals surface area (Å²) in [4.78, 5) is 15.2. The topological polar surface area (TPSA) is 98.9 Å². The summed E-state index contributed by atoms with van der Waals surface area (Å²) in [7, 11) is 1.67. The number of aliphatic hydroxyl groups is 1. The highest BCUT2D eigenvalue weighted by Gasteiger charge is 2.27. The first-order valence-corrected chi connectivity index (χ1v) is 7.01. The second-order valence-electron chi connectivity index (χ2n) is 5.36. The smallest absolute Gasteiger partial charge is 0.220 e. The molecule has 1 saturated heterocycles. The number of amides is 1. The number of rotatable bonds is 4. The fourth-order valence-corrected chi connectivity index (χ4v) is 2.17. The number of guanidine groups is 1. The van der Waals surface area contributed by atoms with Gasteiger partial charge in [0.2, 0.25) is 5.91 Å². The van der Waals surface area contributed by atoms with Crippen LogP contribution in [0.25, 0.3) is 0 Å². The minimum atomic E-state index is -1.12. The van der Waals surface area contributed by atoms with E-state index < -0.39 is 5.60 Å². The van der Waals surface area contributed by atoms with Crippen LogP contribution >= 0.6 is 0 Å². The molecule has 0 radical (unpaired) electrons. The summed E-state index contributed by atoms with van der Waals surface area (Å²) < 4.78 is 5.23. The Morgan fingerprint density at radius 2 is 2.48 bits per heavy atom. The van der Waals surface area contributed by atoms with Gasteiger partial charge >= 0.3 is 0 Å². The third kappa shape index (κ3) is 4.22. The van der Waals surface area contributed by atoms with E-state index >= 15 is 0 Å². The van der Waals surface area contributed by atoms with E-state index in [-0.39, 0.29) is 18.5 Å². The highest BCUT2D eigenvalue weighted by atomic mass is 16.4. The van der Waals surface area contributed by atoms with E-state index in [4.69, 9.17) is 4.42 Å². The quantitative estimate of drug-likeness (QED) is 0.460. The molecular weight excluding hydrogens is 272 g/mol. The Morgan fingerprint density at radius 1 is 1.67 bits per heavy atom. The van der Waals surface area contributed by atoms with Crippen LogP contribution in [0.2, 0.25) is 0 Å². The Bertz CT molecular complexity index is 486. The number of hydrogen-bond donors (Lipinski definition) is 4. The number of carbonyl (C=O) groups is 1. The fourth-order valence-electron chi connectivity index (χ4n) is 2.17. The van der Waals surface area contributed by atoms with Gasteiger partial charge in [-0.05, 0) is 25.5 Å². The lowest BCUT2D eigenvalue weighted by Gasteiger charge is -2.27. The van der Waals surface area contributed by atoms with Crippen molar-refractivity contribution in [1.29, 1.82) is 0 Å². The van der Waals surface area contributed by atoms with Gasteiger partial charge in [-0.25, -0.2) is 0 Å². The van der Waals surface area contributed by atoms with Crippen LogP contribution in [0.3, 0.4) is 0 Å². The molecule has 4 N–H and O–H groups in total. The van der Waals surface area contributed by atoms with Crippen LogP contribution in [0.1, 0.15) is 25.5 Å². The zero-order valence-electron chi connectivity index (χ0n) is 12.3. The van der Waals surface area contributed by atoms with Gasteiger partial charge in [-0.3, -0.25) is 9.79 Å². The molecule has 2 heterocycles. The third-order valence-corrected chi connectivity index (χ3v) is 3.48. The van der Waals surface area contributed by atoms with E-state index in [2.05, 4.69) is 20.9 Å². The summed E-state index contributed by atoms with van der Waals surface area (Å²) in [6, 6.07) is 3.61. The fraction of sp³-hybridized carbons (Fsp3) is 0.571. The summed E-state index contributed by atoms with van der Waals surface area (Å²) in [6.07, 6.45) is 2.81. The molecule has 0 aromatic carbocycles. The molecule has 0 spiro atoms. The van der Waals surface area contributed by atoms with Crippen LogP contribution in [0, 0.1) is 0 Å². The molecule has 0 saturated carbocycles. The van der Waals surface area contributed by atoms with Crippen molar-refractivity contribution in [3.63, 3.8) is 0 Å². The first-order valence-electron chi connectivity index (χ1n) is 7.01. The van der Waals surface area contributed by atoms with Gasteiger partial charge in [0.25, 0.3) is 0 Å². The van der Waals surface area contributed by atoms with E-state index in [9.17, 15) is 9.90 Å². The Hall–Kier alpha value is -2.02. The number of furan rings is 1. The first kappa shape index (κ1) is 15.4. The number of nitrogens with one attached hydrogen (secondary N) is 3. The molecule has 1 amide bonds. The van der Waals surface area contributed by atoms with E-state index in [1.165, 1.54) is 6.26 Å². The van der Waals surface area contributed by atoms with Crippen molar-refractivity contribution < 1.29 is 14.3 Å². The van der Waals surface area contributed by atoms with E-state index in [0.717, 1.165) is 6.42 Å². The van der Waals surface area contributed by atoms with Gasteiger partial charge < -0.3 is 25.5 Å². The maximum Gasteiger partial charge on any atom is 0.220 e. The SMILES string of the molecule is CN=C(NCC(C)(O)c1ccco1)NC1CCC(=O)NC1. The molecule has 1 aliphatic heterocycles. The van der Waals surface area contributed by atoms with Crippen molar-refractivity contribution >= 4 is 11.9 Å². The molecule has 21 heavy (non-hydrogen) atoms. The van der Waals surface area contributed by atoms with Crippen molar-refractivity contribution in [2.75, 3.05) is 20.1 Å². The van der Waals surface area contributed by atoms with Crippen LogP contribution in [0.4, 0.5) is 0 Å². The molecular formula is C14H22N4O3. The summed E-state index contributed by atoms with van der Waals surface area (Å²) in [5.74, 6) is 1.16. The summed E-state index contributed by atoms with van der Waals surface area (Å²) in [5, 5.41) is 19.5. The summed E-state index contributed by atoms with van der Waals surface area (Å²) >= 11 is 0. The second-order valence-corrected chi connectivity index (χ2v) is 5.36. The number of piperidine rings is 1. The zero-order valence-corrected chi connectivity index (χ0v) is 12.3. The van der Waals surface area contributed by atoms with Gasteiger partial charge in [-0.1, -0.05) is 0 Å². The van der Waals surface area contributed by atoms with Crippen LogP contribution in [0.5, 0.6) is 0 Å². The maximum absolute atomic E-state index is 11.1. The predicted octanol–water partition coefficient (Wildman–Crippen LogP) is -0.0693. The van der Waals surface area contributed by atoms with Gasteiger partial charge in [-0.2, -0.15) is 0 Å². The lowest BCUT2D eigenvalue weighted by molar-refractivity contribution is -0.122.